The molecule has 4 N–H and O–H groups in total. The second kappa shape index (κ2) is 10.7. The van der Waals surface area contributed by atoms with Gasteiger partial charge in [-0.25, -0.2) is 0 Å². The molecule has 0 aliphatic rings. The van der Waals surface area contributed by atoms with Crippen molar-refractivity contribution in [3.05, 3.63) is 53.5 Å². The van der Waals surface area contributed by atoms with Crippen LogP contribution in [0.1, 0.15) is 28.8 Å². The summed E-state index contributed by atoms with van der Waals surface area (Å²) in [5, 5.41) is 6.30. The molecular weight excluding hydrogens is 447 g/mol. The van der Waals surface area contributed by atoms with E-state index in [1.807, 2.05) is 38.1 Å². The molecule has 0 aliphatic heterocycles. The molecule has 0 saturated heterocycles. The summed E-state index contributed by atoms with van der Waals surface area (Å²) in [6, 6.07) is 11.1. The Kier molecular flexibility index (Phi) is 8.97. The van der Waals surface area contributed by atoms with Crippen molar-refractivity contribution in [2.75, 3.05) is 13.6 Å². The number of aryl methyl sites for hydroxylation is 1. The van der Waals surface area contributed by atoms with Crippen molar-refractivity contribution >= 4 is 35.8 Å². The highest BCUT2D eigenvalue weighted by Crippen LogP contribution is 2.17. The lowest BCUT2D eigenvalue weighted by Crippen LogP contribution is -2.41. The van der Waals surface area contributed by atoms with Gasteiger partial charge in [-0.3, -0.25) is 9.79 Å². The topological polar surface area (TPSA) is 102 Å². The van der Waals surface area contributed by atoms with Gasteiger partial charge in [0.05, 0.1) is 13.1 Å². The predicted molar refractivity (Wildman–Crippen MR) is 112 cm³/mol. The fourth-order valence-corrected chi connectivity index (χ4v) is 2.18. The monoisotopic (exact) mass is 472 g/mol. The van der Waals surface area contributed by atoms with E-state index in [0.717, 1.165) is 11.3 Å². The summed E-state index contributed by atoms with van der Waals surface area (Å²) in [5.74, 6) is 1.63. The van der Waals surface area contributed by atoms with E-state index in [1.54, 1.807) is 19.2 Å². The van der Waals surface area contributed by atoms with E-state index in [0.29, 0.717) is 24.8 Å². The van der Waals surface area contributed by atoms with Gasteiger partial charge < -0.3 is 25.5 Å². The first-order valence-corrected chi connectivity index (χ1v) is 8.05. The number of carbonyl (C=O) groups is 1. The Morgan fingerprint density at radius 3 is 2.62 bits per heavy atom. The summed E-state index contributed by atoms with van der Waals surface area (Å²) in [6.45, 7) is 4.97. The van der Waals surface area contributed by atoms with Crippen LogP contribution in [-0.2, 0) is 6.54 Å². The molecule has 1 heterocycles. The van der Waals surface area contributed by atoms with E-state index < -0.39 is 5.91 Å². The lowest BCUT2D eigenvalue weighted by Gasteiger charge is -2.18. The van der Waals surface area contributed by atoms with Crippen LogP contribution < -0.4 is 21.1 Å². The third-order valence-electron chi connectivity index (χ3n) is 3.54. The molecule has 2 aromatic rings. The van der Waals surface area contributed by atoms with Gasteiger partial charge in [-0.05, 0) is 37.6 Å². The molecule has 1 aromatic carbocycles. The van der Waals surface area contributed by atoms with Crippen molar-refractivity contribution in [3.8, 4) is 5.75 Å². The Hall–Kier alpha value is -2.23. The Morgan fingerprint density at radius 1 is 1.27 bits per heavy atom. The molecule has 0 radical (unpaired) electrons. The van der Waals surface area contributed by atoms with Crippen LogP contribution in [0.4, 0.5) is 0 Å². The summed E-state index contributed by atoms with van der Waals surface area (Å²) < 4.78 is 11.2. The van der Waals surface area contributed by atoms with Crippen LogP contribution in [-0.4, -0.2) is 31.6 Å². The Balaban J connectivity index is 0.00000338. The number of aliphatic imine (C=N–C) groups is 1. The summed E-state index contributed by atoms with van der Waals surface area (Å²) >= 11 is 0. The number of benzene rings is 1. The van der Waals surface area contributed by atoms with E-state index in [2.05, 4.69) is 15.6 Å². The summed E-state index contributed by atoms with van der Waals surface area (Å²) in [5.41, 5.74) is 6.26. The number of nitrogens with one attached hydrogen (secondary N) is 2. The van der Waals surface area contributed by atoms with E-state index in [1.165, 1.54) is 0 Å². The first-order chi connectivity index (χ1) is 12.0. The summed E-state index contributed by atoms with van der Waals surface area (Å²) in [7, 11) is 1.68. The van der Waals surface area contributed by atoms with Crippen molar-refractivity contribution < 1.29 is 13.9 Å². The molecule has 0 saturated carbocycles. The lowest BCUT2D eigenvalue weighted by molar-refractivity contribution is 0.0972. The SMILES string of the molecule is CN=C(NCc1ccc(C(N)=O)o1)NCC(C)Oc1ccccc1C.I. The number of hydrogen-bond acceptors (Lipinski definition) is 4. The zero-order chi connectivity index (χ0) is 18.2. The highest BCUT2D eigenvalue weighted by atomic mass is 127. The van der Waals surface area contributed by atoms with Crippen LogP contribution in [0.3, 0.4) is 0 Å². The Labute approximate surface area is 170 Å². The number of halogens is 1. The second-order valence-electron chi connectivity index (χ2n) is 5.63. The Bertz CT molecular complexity index is 746. The van der Waals surface area contributed by atoms with E-state index in [9.17, 15) is 4.79 Å². The van der Waals surface area contributed by atoms with E-state index in [-0.39, 0.29) is 35.8 Å². The van der Waals surface area contributed by atoms with Crippen molar-refractivity contribution in [1.29, 1.82) is 0 Å². The maximum atomic E-state index is 11.0. The minimum absolute atomic E-state index is 0. The zero-order valence-electron chi connectivity index (χ0n) is 15.1. The Morgan fingerprint density at radius 2 is 2.00 bits per heavy atom. The molecular formula is C18H25IN4O3. The summed E-state index contributed by atoms with van der Waals surface area (Å²) in [6.07, 6.45) is -0.0373. The van der Waals surface area contributed by atoms with Crippen LogP contribution in [0, 0.1) is 6.92 Å². The number of para-hydroxylation sites is 1. The molecule has 0 bridgehead atoms. The van der Waals surface area contributed by atoms with Crippen LogP contribution in [0.15, 0.2) is 45.8 Å². The summed E-state index contributed by atoms with van der Waals surface area (Å²) in [4.78, 5) is 15.2. The molecule has 142 valence electrons. The largest absolute Gasteiger partial charge is 0.489 e. The third kappa shape index (κ3) is 6.58. The van der Waals surface area contributed by atoms with Gasteiger partial charge in [0.1, 0.15) is 17.6 Å². The third-order valence-corrected chi connectivity index (χ3v) is 3.54. The number of ether oxygens (including phenoxy) is 1. The highest BCUT2D eigenvalue weighted by Gasteiger charge is 2.09. The van der Waals surface area contributed by atoms with Gasteiger partial charge in [-0.2, -0.15) is 0 Å². The average Bonchev–Trinajstić information content (AvgIpc) is 3.06. The van der Waals surface area contributed by atoms with Gasteiger partial charge in [0.25, 0.3) is 5.91 Å². The lowest BCUT2D eigenvalue weighted by atomic mass is 10.2. The molecule has 1 amide bonds. The van der Waals surface area contributed by atoms with Gasteiger partial charge >= 0.3 is 0 Å². The molecule has 2 rings (SSSR count). The molecule has 0 aliphatic carbocycles. The number of carbonyl (C=O) groups excluding carboxylic acids is 1. The zero-order valence-corrected chi connectivity index (χ0v) is 17.4. The van der Waals surface area contributed by atoms with Crippen molar-refractivity contribution in [2.45, 2.75) is 26.5 Å². The van der Waals surface area contributed by atoms with Gasteiger partial charge in [0.15, 0.2) is 11.7 Å². The molecule has 26 heavy (non-hydrogen) atoms. The number of guanidine groups is 1. The van der Waals surface area contributed by atoms with Crippen LogP contribution in [0.25, 0.3) is 0 Å². The van der Waals surface area contributed by atoms with Crippen molar-refractivity contribution in [3.63, 3.8) is 0 Å². The minimum atomic E-state index is -0.587. The molecule has 0 spiro atoms. The predicted octanol–water partition coefficient (Wildman–Crippen LogP) is 2.44. The molecule has 1 aromatic heterocycles. The molecule has 7 nitrogen and oxygen atoms in total. The molecule has 8 heteroatoms. The van der Waals surface area contributed by atoms with Crippen LogP contribution in [0.2, 0.25) is 0 Å². The minimum Gasteiger partial charge on any atom is -0.489 e. The van der Waals surface area contributed by atoms with Gasteiger partial charge in [0, 0.05) is 7.05 Å². The molecule has 1 unspecified atom stereocenters. The second-order valence-corrected chi connectivity index (χ2v) is 5.63. The van der Waals surface area contributed by atoms with Crippen LogP contribution in [0.5, 0.6) is 5.75 Å². The van der Waals surface area contributed by atoms with E-state index in [4.69, 9.17) is 14.9 Å². The van der Waals surface area contributed by atoms with Gasteiger partial charge in [0.2, 0.25) is 0 Å². The molecule has 0 fully saturated rings. The average molecular weight is 472 g/mol. The quantitative estimate of drug-likeness (QED) is 0.327. The van der Waals surface area contributed by atoms with E-state index >= 15 is 0 Å². The van der Waals surface area contributed by atoms with Crippen molar-refractivity contribution in [2.24, 2.45) is 10.7 Å². The fourth-order valence-electron chi connectivity index (χ4n) is 2.18. The van der Waals surface area contributed by atoms with Gasteiger partial charge in [-0.15, -0.1) is 24.0 Å². The number of nitrogens with two attached hydrogens (primary N) is 1. The first kappa shape index (κ1) is 21.8. The highest BCUT2D eigenvalue weighted by molar-refractivity contribution is 14.0. The van der Waals surface area contributed by atoms with Crippen LogP contribution >= 0.6 is 24.0 Å². The molecule has 1 atom stereocenters. The number of furan rings is 1. The maximum absolute atomic E-state index is 11.0. The number of primary amides is 1. The number of hydrogen-bond donors (Lipinski definition) is 3. The number of rotatable bonds is 7. The number of nitrogens with zero attached hydrogens (tertiary/aromatic N) is 1. The first-order valence-electron chi connectivity index (χ1n) is 8.05. The smallest absolute Gasteiger partial charge is 0.284 e. The standard InChI is InChI=1S/C18H24N4O3.HI/c1-12-6-4-5-7-15(12)24-13(2)10-21-18(20-3)22-11-14-8-9-16(25-14)17(19)23;/h4-9,13H,10-11H2,1-3H3,(H2,19,23)(H2,20,21,22);1H. The van der Waals surface area contributed by atoms with Gasteiger partial charge in [-0.1, -0.05) is 18.2 Å². The van der Waals surface area contributed by atoms with Crippen molar-refractivity contribution in [1.82, 2.24) is 10.6 Å². The normalized spacial score (nSPS) is 12.0. The fraction of sp³-hybridized carbons (Fsp3) is 0.333. The number of amides is 1. The maximum Gasteiger partial charge on any atom is 0.284 e.